The number of likely N-dealkylation sites (tertiary alicyclic amines) is 1. The molecular formula is C21H25N5O. The van der Waals surface area contributed by atoms with Gasteiger partial charge in [0.05, 0.1) is 0 Å². The lowest BCUT2D eigenvalue weighted by atomic mass is 10.0. The number of rotatable bonds is 4. The van der Waals surface area contributed by atoms with Gasteiger partial charge in [0.25, 0.3) is 5.91 Å². The number of piperidine rings is 1. The van der Waals surface area contributed by atoms with E-state index in [1.807, 2.05) is 48.1 Å². The van der Waals surface area contributed by atoms with Gasteiger partial charge in [-0.15, -0.1) is 0 Å². The molecule has 3 aromatic rings. The second-order valence-electron chi connectivity index (χ2n) is 7.26. The number of imidazole rings is 1. The molecule has 4 rings (SSSR count). The first-order valence-corrected chi connectivity index (χ1v) is 9.51. The summed E-state index contributed by atoms with van der Waals surface area (Å²) in [5.41, 5.74) is 3.64. The Hall–Kier alpha value is -2.73. The van der Waals surface area contributed by atoms with Crippen LogP contribution in [0.5, 0.6) is 0 Å². The zero-order valence-corrected chi connectivity index (χ0v) is 15.8. The van der Waals surface area contributed by atoms with E-state index in [0.717, 1.165) is 37.3 Å². The fourth-order valence-corrected chi connectivity index (χ4v) is 3.80. The molecule has 0 aromatic carbocycles. The van der Waals surface area contributed by atoms with Crippen LogP contribution in [0.25, 0.3) is 5.65 Å². The summed E-state index contributed by atoms with van der Waals surface area (Å²) in [6.07, 6.45) is 7.41. The first-order valence-electron chi connectivity index (χ1n) is 9.51. The van der Waals surface area contributed by atoms with E-state index in [-0.39, 0.29) is 11.9 Å². The molecule has 1 aliphatic heterocycles. The van der Waals surface area contributed by atoms with Gasteiger partial charge >= 0.3 is 0 Å². The quantitative estimate of drug-likeness (QED) is 0.774. The summed E-state index contributed by atoms with van der Waals surface area (Å²) in [6.45, 7) is 6.18. The maximum absolute atomic E-state index is 12.6. The molecule has 1 fully saturated rings. The zero-order valence-electron chi connectivity index (χ0n) is 15.8. The van der Waals surface area contributed by atoms with Gasteiger partial charge < -0.3 is 9.72 Å². The number of hydrogen-bond acceptors (Lipinski definition) is 4. The molecule has 6 heteroatoms. The number of carbonyl (C=O) groups is 1. The van der Waals surface area contributed by atoms with Gasteiger partial charge in [0, 0.05) is 49.5 Å². The van der Waals surface area contributed by atoms with Crippen LogP contribution in [0.2, 0.25) is 0 Å². The Labute approximate surface area is 159 Å². The summed E-state index contributed by atoms with van der Waals surface area (Å²) >= 11 is 0. The predicted molar refractivity (Wildman–Crippen MR) is 105 cm³/mol. The van der Waals surface area contributed by atoms with E-state index in [0.29, 0.717) is 11.7 Å². The Morgan fingerprint density at radius 3 is 2.63 bits per heavy atom. The highest BCUT2D eigenvalue weighted by atomic mass is 16.2. The molecule has 0 saturated carbocycles. The van der Waals surface area contributed by atoms with Crippen molar-refractivity contribution in [1.82, 2.24) is 24.6 Å². The lowest BCUT2D eigenvalue weighted by Crippen LogP contribution is -2.45. The predicted octanol–water partition coefficient (Wildman–Crippen LogP) is 2.99. The largest absolute Gasteiger partial charge is 0.348 e. The molecule has 1 unspecified atom stereocenters. The number of aryl methyl sites for hydroxylation is 1. The zero-order chi connectivity index (χ0) is 18.8. The fraction of sp³-hybridized carbons (Fsp3) is 0.381. The molecule has 0 bridgehead atoms. The smallest absolute Gasteiger partial charge is 0.271 e. The van der Waals surface area contributed by atoms with Crippen LogP contribution in [-0.4, -0.2) is 44.3 Å². The molecule has 6 nitrogen and oxygen atoms in total. The van der Waals surface area contributed by atoms with E-state index in [2.05, 4.69) is 39.2 Å². The summed E-state index contributed by atoms with van der Waals surface area (Å²) in [4.78, 5) is 23.6. The van der Waals surface area contributed by atoms with Crippen molar-refractivity contribution in [3.05, 3.63) is 65.9 Å². The van der Waals surface area contributed by atoms with Crippen LogP contribution in [0.3, 0.4) is 0 Å². The fourth-order valence-electron chi connectivity index (χ4n) is 3.80. The number of amides is 1. The van der Waals surface area contributed by atoms with Gasteiger partial charge in [-0.3, -0.25) is 14.7 Å². The minimum absolute atomic E-state index is 0.0845. The number of pyridine rings is 2. The van der Waals surface area contributed by atoms with Crippen LogP contribution >= 0.6 is 0 Å². The second-order valence-corrected chi connectivity index (χ2v) is 7.26. The lowest BCUT2D eigenvalue weighted by molar-refractivity contribution is 0.0891. The Balaban J connectivity index is 1.36. The number of hydrogen-bond donors (Lipinski definition) is 1. The molecule has 1 atom stereocenters. The summed E-state index contributed by atoms with van der Waals surface area (Å²) in [5.74, 6) is -0.0845. The monoisotopic (exact) mass is 363 g/mol. The summed E-state index contributed by atoms with van der Waals surface area (Å²) in [6, 6.07) is 10.6. The van der Waals surface area contributed by atoms with E-state index in [4.69, 9.17) is 0 Å². The van der Waals surface area contributed by atoms with E-state index in [9.17, 15) is 4.79 Å². The summed E-state index contributed by atoms with van der Waals surface area (Å²) in [5, 5.41) is 3.16. The molecule has 0 spiro atoms. The number of nitrogens with one attached hydrogen (secondary N) is 1. The molecule has 0 radical (unpaired) electrons. The van der Waals surface area contributed by atoms with Crippen LogP contribution in [-0.2, 0) is 0 Å². The molecule has 0 aliphatic carbocycles. The molecule has 3 aromatic heterocycles. The van der Waals surface area contributed by atoms with Crippen LogP contribution in [0.4, 0.5) is 0 Å². The third-order valence-corrected chi connectivity index (χ3v) is 5.53. The summed E-state index contributed by atoms with van der Waals surface area (Å²) in [7, 11) is 0. The third-order valence-electron chi connectivity index (χ3n) is 5.53. The van der Waals surface area contributed by atoms with E-state index >= 15 is 0 Å². The average Bonchev–Trinajstić information content (AvgIpc) is 3.15. The highest BCUT2D eigenvalue weighted by molar-refractivity contribution is 5.93. The average molecular weight is 363 g/mol. The Morgan fingerprint density at radius 2 is 1.93 bits per heavy atom. The van der Waals surface area contributed by atoms with Gasteiger partial charge in [0.15, 0.2) is 0 Å². The van der Waals surface area contributed by atoms with Gasteiger partial charge in [-0.25, -0.2) is 4.98 Å². The van der Waals surface area contributed by atoms with Crippen molar-refractivity contribution < 1.29 is 4.79 Å². The first-order chi connectivity index (χ1) is 13.1. The maximum Gasteiger partial charge on any atom is 0.271 e. The molecule has 1 aliphatic rings. The van der Waals surface area contributed by atoms with Crippen molar-refractivity contribution >= 4 is 11.6 Å². The van der Waals surface area contributed by atoms with Crippen molar-refractivity contribution in [1.29, 1.82) is 0 Å². The number of carbonyl (C=O) groups excluding carboxylic acids is 1. The maximum atomic E-state index is 12.6. The van der Waals surface area contributed by atoms with Gasteiger partial charge in [-0.2, -0.15) is 0 Å². The van der Waals surface area contributed by atoms with Crippen LogP contribution in [0.15, 0.2) is 48.9 Å². The molecule has 140 valence electrons. The third kappa shape index (κ3) is 3.71. The van der Waals surface area contributed by atoms with E-state index < -0.39 is 0 Å². The van der Waals surface area contributed by atoms with Crippen molar-refractivity contribution in [3.8, 4) is 0 Å². The van der Waals surface area contributed by atoms with Crippen LogP contribution < -0.4 is 5.32 Å². The minimum atomic E-state index is -0.0845. The minimum Gasteiger partial charge on any atom is -0.348 e. The molecule has 1 N–H and O–H groups in total. The van der Waals surface area contributed by atoms with E-state index in [1.54, 1.807) is 0 Å². The highest BCUT2D eigenvalue weighted by Crippen LogP contribution is 2.23. The number of aromatic nitrogens is 3. The molecule has 1 saturated heterocycles. The van der Waals surface area contributed by atoms with E-state index in [1.165, 1.54) is 5.56 Å². The van der Waals surface area contributed by atoms with Gasteiger partial charge in [-0.05, 0) is 56.5 Å². The van der Waals surface area contributed by atoms with Gasteiger partial charge in [-0.1, -0.05) is 6.07 Å². The standard InChI is InChI=1S/C21H25N5O/c1-15-4-3-5-20-24-19(14-26(15)20)21(27)23-18-8-12-25(13-9-18)16(2)17-6-10-22-11-7-17/h3-7,10-11,14,16,18H,8-9,12-13H2,1-2H3,(H,23,27). The Kier molecular flexibility index (Phi) is 4.90. The molecule has 4 heterocycles. The second kappa shape index (κ2) is 7.48. The SMILES string of the molecule is Cc1cccc2nc(C(=O)NC3CCN(C(C)c4ccncc4)CC3)cn12. The van der Waals surface area contributed by atoms with Gasteiger partial charge in [0.2, 0.25) is 0 Å². The number of nitrogens with zero attached hydrogens (tertiary/aromatic N) is 4. The van der Waals surface area contributed by atoms with Crippen molar-refractivity contribution in [3.63, 3.8) is 0 Å². The first kappa shape index (κ1) is 17.7. The normalized spacial score (nSPS) is 17.1. The molecule has 27 heavy (non-hydrogen) atoms. The highest BCUT2D eigenvalue weighted by Gasteiger charge is 2.25. The lowest BCUT2D eigenvalue weighted by Gasteiger charge is -2.36. The molecular weight excluding hydrogens is 338 g/mol. The van der Waals surface area contributed by atoms with Crippen LogP contribution in [0, 0.1) is 6.92 Å². The Morgan fingerprint density at radius 1 is 1.19 bits per heavy atom. The van der Waals surface area contributed by atoms with Crippen molar-refractivity contribution in [2.75, 3.05) is 13.1 Å². The van der Waals surface area contributed by atoms with Crippen molar-refractivity contribution in [2.45, 2.75) is 38.8 Å². The van der Waals surface area contributed by atoms with Crippen LogP contribution in [0.1, 0.15) is 47.6 Å². The summed E-state index contributed by atoms with van der Waals surface area (Å²) < 4.78 is 1.95. The molecule has 1 amide bonds. The Bertz CT molecular complexity index is 928. The number of fused-ring (bicyclic) bond motifs is 1. The topological polar surface area (TPSA) is 62.5 Å². The van der Waals surface area contributed by atoms with Crippen molar-refractivity contribution in [2.24, 2.45) is 0 Å². The van der Waals surface area contributed by atoms with Gasteiger partial charge in [0.1, 0.15) is 11.3 Å².